The smallest absolute Gasteiger partial charge is 0.352 e. The van der Waals surface area contributed by atoms with Gasteiger partial charge in [0, 0.05) is 48.3 Å². The molecule has 1 saturated carbocycles. The summed E-state index contributed by atoms with van der Waals surface area (Å²) in [6, 6.07) is 8.85. The van der Waals surface area contributed by atoms with E-state index in [9.17, 15) is 22.8 Å². The van der Waals surface area contributed by atoms with Crippen molar-refractivity contribution in [2.75, 3.05) is 5.32 Å². The van der Waals surface area contributed by atoms with Crippen LogP contribution in [0.2, 0.25) is 0 Å². The minimum atomic E-state index is -4.77. The van der Waals surface area contributed by atoms with Gasteiger partial charge >= 0.3 is 6.18 Å². The topological polar surface area (TPSA) is 114 Å². The highest BCUT2D eigenvalue weighted by Crippen LogP contribution is 2.34. The van der Waals surface area contributed by atoms with Gasteiger partial charge in [-0.25, -0.2) is 9.97 Å². The number of nitrogens with two attached hydrogens (primary N) is 1. The van der Waals surface area contributed by atoms with Crippen LogP contribution in [0, 0.1) is 19.8 Å². The number of aryl methyl sites for hydroxylation is 2. The summed E-state index contributed by atoms with van der Waals surface area (Å²) in [5, 5.41) is 5.37. The minimum Gasteiger partial charge on any atom is -0.352 e. The van der Waals surface area contributed by atoms with Gasteiger partial charge in [0.25, 0.3) is 5.91 Å². The van der Waals surface area contributed by atoms with Gasteiger partial charge in [-0.15, -0.1) is 0 Å². The van der Waals surface area contributed by atoms with Crippen molar-refractivity contribution in [3.05, 3.63) is 82.8 Å². The second kappa shape index (κ2) is 11.3. The Morgan fingerprint density at radius 2 is 1.80 bits per heavy atom. The van der Waals surface area contributed by atoms with Gasteiger partial charge in [0.05, 0.1) is 16.8 Å². The highest BCUT2D eigenvalue weighted by molar-refractivity contribution is 6.06. The van der Waals surface area contributed by atoms with Crippen LogP contribution >= 0.6 is 0 Å². The molecule has 11 heteroatoms. The highest BCUT2D eigenvalue weighted by atomic mass is 19.4. The third-order valence-electron chi connectivity index (χ3n) is 7.46. The zero-order chi connectivity index (χ0) is 29.3. The van der Waals surface area contributed by atoms with E-state index in [2.05, 4.69) is 20.6 Å². The Bertz CT molecular complexity index is 1610. The predicted molar refractivity (Wildman–Crippen MR) is 149 cm³/mol. The Kier molecular flexibility index (Phi) is 7.81. The molecule has 4 N–H and O–H groups in total. The summed E-state index contributed by atoms with van der Waals surface area (Å²) >= 11 is 0. The van der Waals surface area contributed by atoms with Crippen molar-refractivity contribution in [1.29, 1.82) is 0 Å². The maximum Gasteiger partial charge on any atom is 0.417 e. The van der Waals surface area contributed by atoms with Crippen LogP contribution < -0.4 is 16.4 Å². The van der Waals surface area contributed by atoms with E-state index in [4.69, 9.17) is 5.73 Å². The maximum absolute atomic E-state index is 14.1. The number of nitrogens with zero attached hydrogens (tertiary/aromatic N) is 3. The first-order valence-electron chi connectivity index (χ1n) is 13.4. The highest BCUT2D eigenvalue weighted by Gasteiger charge is 2.36. The first-order chi connectivity index (χ1) is 19.5. The van der Waals surface area contributed by atoms with E-state index in [-0.39, 0.29) is 30.0 Å². The van der Waals surface area contributed by atoms with Crippen LogP contribution in [0.1, 0.15) is 58.3 Å². The SMILES string of the molecule is Cc1cnc2nc(-c3ccc(C)c(NC(=O)c4ccc(CNC(=O)C5CCC(N)CC5)cc4C(F)(F)F)c3)cn2c1. The number of hydrogen-bond acceptors (Lipinski definition) is 5. The van der Waals surface area contributed by atoms with Crippen molar-refractivity contribution in [3.63, 3.8) is 0 Å². The third kappa shape index (κ3) is 6.40. The molecule has 0 unspecified atom stereocenters. The standard InChI is InChI=1S/C30H31F3N6O2/c1-17-13-36-29-38-26(16-39(29)15-17)21-5-3-18(2)25(12-21)37-28(41)23-10-4-19(11-24(23)30(31,32)33)14-35-27(40)20-6-8-22(34)9-7-20/h3-5,10-13,15-16,20,22H,6-9,14,34H2,1-2H3,(H,35,40)(H,37,41). The minimum absolute atomic E-state index is 0.0685. The molecule has 0 radical (unpaired) electrons. The second-order valence-corrected chi connectivity index (χ2v) is 10.7. The molecular weight excluding hydrogens is 533 g/mol. The number of amides is 2. The molecule has 8 nitrogen and oxygen atoms in total. The van der Waals surface area contributed by atoms with E-state index in [1.165, 1.54) is 6.07 Å². The van der Waals surface area contributed by atoms with E-state index >= 15 is 0 Å². The number of carbonyl (C=O) groups is 2. The molecule has 0 saturated heterocycles. The predicted octanol–water partition coefficient (Wildman–Crippen LogP) is 5.42. The molecule has 2 aromatic carbocycles. The van der Waals surface area contributed by atoms with E-state index in [1.54, 1.807) is 35.9 Å². The molecule has 0 aliphatic heterocycles. The average molecular weight is 565 g/mol. The zero-order valence-corrected chi connectivity index (χ0v) is 22.8. The Hall–Kier alpha value is -4.25. The van der Waals surface area contributed by atoms with E-state index < -0.39 is 23.2 Å². The molecule has 0 spiro atoms. The largest absolute Gasteiger partial charge is 0.417 e. The monoisotopic (exact) mass is 564 g/mol. The van der Waals surface area contributed by atoms with Gasteiger partial charge in [-0.1, -0.05) is 18.2 Å². The quantitative estimate of drug-likeness (QED) is 0.290. The van der Waals surface area contributed by atoms with Crippen LogP contribution in [0.4, 0.5) is 18.9 Å². The molecule has 214 valence electrons. The van der Waals surface area contributed by atoms with Crippen LogP contribution in [0.25, 0.3) is 17.0 Å². The lowest BCUT2D eigenvalue weighted by atomic mass is 9.86. The van der Waals surface area contributed by atoms with Gasteiger partial charge in [0.15, 0.2) is 0 Å². The summed E-state index contributed by atoms with van der Waals surface area (Å²) in [6.07, 6.45) is 3.44. The zero-order valence-electron chi connectivity index (χ0n) is 22.8. The molecular formula is C30H31F3N6O2. The van der Waals surface area contributed by atoms with Crippen molar-refractivity contribution in [2.24, 2.45) is 11.7 Å². The molecule has 2 heterocycles. The van der Waals surface area contributed by atoms with Gasteiger partial charge in [-0.3, -0.25) is 14.0 Å². The van der Waals surface area contributed by atoms with Crippen molar-refractivity contribution < 1.29 is 22.8 Å². The van der Waals surface area contributed by atoms with Gasteiger partial charge < -0.3 is 16.4 Å². The molecule has 1 aliphatic rings. The van der Waals surface area contributed by atoms with Gasteiger partial charge in [-0.2, -0.15) is 13.2 Å². The van der Waals surface area contributed by atoms with Gasteiger partial charge in [0.2, 0.25) is 11.7 Å². The number of halogens is 3. The summed E-state index contributed by atoms with van der Waals surface area (Å²) in [5.41, 5.74) is 7.86. The molecule has 0 bridgehead atoms. The van der Waals surface area contributed by atoms with Gasteiger partial charge in [-0.05, 0) is 74.4 Å². The maximum atomic E-state index is 14.1. The molecule has 1 aliphatic carbocycles. The number of fused-ring (bicyclic) bond motifs is 1. The molecule has 0 atom stereocenters. The third-order valence-corrected chi connectivity index (χ3v) is 7.46. The number of rotatable bonds is 6. The van der Waals surface area contributed by atoms with Gasteiger partial charge in [0.1, 0.15) is 0 Å². The second-order valence-electron chi connectivity index (χ2n) is 10.7. The van der Waals surface area contributed by atoms with Crippen molar-refractivity contribution in [3.8, 4) is 11.3 Å². The van der Waals surface area contributed by atoms with Crippen LogP contribution in [0.5, 0.6) is 0 Å². The first-order valence-corrected chi connectivity index (χ1v) is 13.4. The van der Waals surface area contributed by atoms with E-state index in [0.29, 0.717) is 41.1 Å². The average Bonchev–Trinajstić information content (AvgIpc) is 3.36. The summed E-state index contributed by atoms with van der Waals surface area (Å²) in [4.78, 5) is 34.5. The molecule has 2 amide bonds. The normalized spacial score (nSPS) is 17.4. The number of anilines is 1. The number of hydrogen-bond donors (Lipinski definition) is 3. The molecule has 4 aromatic rings. The fraction of sp³-hybridized carbons (Fsp3) is 0.333. The lowest BCUT2D eigenvalue weighted by Gasteiger charge is -2.25. The van der Waals surface area contributed by atoms with E-state index in [1.807, 2.05) is 19.2 Å². The molecule has 2 aromatic heterocycles. The summed E-state index contributed by atoms with van der Waals surface area (Å²) in [5.74, 6) is -0.772. The summed E-state index contributed by atoms with van der Waals surface area (Å²) < 4.78 is 43.9. The van der Waals surface area contributed by atoms with Crippen LogP contribution in [0.15, 0.2) is 55.0 Å². The number of benzene rings is 2. The summed E-state index contributed by atoms with van der Waals surface area (Å²) in [6.45, 7) is 3.60. The number of alkyl halides is 3. The Morgan fingerprint density at radius 3 is 2.54 bits per heavy atom. The van der Waals surface area contributed by atoms with Crippen LogP contribution in [-0.4, -0.2) is 32.2 Å². The van der Waals surface area contributed by atoms with E-state index in [0.717, 1.165) is 30.5 Å². The Balaban J connectivity index is 1.34. The van der Waals surface area contributed by atoms with Crippen molar-refractivity contribution >= 4 is 23.3 Å². The fourth-order valence-corrected chi connectivity index (χ4v) is 5.08. The Labute approximate surface area is 235 Å². The number of carbonyl (C=O) groups excluding carboxylic acids is 2. The lowest BCUT2D eigenvalue weighted by molar-refractivity contribution is -0.138. The van der Waals surface area contributed by atoms with Crippen LogP contribution in [-0.2, 0) is 17.5 Å². The fourth-order valence-electron chi connectivity index (χ4n) is 5.08. The molecule has 1 fully saturated rings. The molecule has 5 rings (SSSR count). The first kappa shape index (κ1) is 28.3. The summed E-state index contributed by atoms with van der Waals surface area (Å²) in [7, 11) is 0. The molecule has 41 heavy (non-hydrogen) atoms. The van der Waals surface area contributed by atoms with Crippen molar-refractivity contribution in [2.45, 2.75) is 58.3 Å². The van der Waals surface area contributed by atoms with Crippen LogP contribution in [0.3, 0.4) is 0 Å². The lowest BCUT2D eigenvalue weighted by Crippen LogP contribution is -2.36. The van der Waals surface area contributed by atoms with Crippen molar-refractivity contribution in [1.82, 2.24) is 19.7 Å². The number of aromatic nitrogens is 3. The number of imidazole rings is 1. The Morgan fingerprint density at radius 1 is 1.05 bits per heavy atom. The number of nitrogens with one attached hydrogen (secondary N) is 2.